The van der Waals surface area contributed by atoms with Gasteiger partial charge in [0.05, 0.1) is 0 Å². The van der Waals surface area contributed by atoms with Crippen molar-refractivity contribution in [3.63, 3.8) is 0 Å². The molecule has 1 unspecified atom stereocenters. The molecule has 1 atom stereocenters. The lowest BCUT2D eigenvalue weighted by atomic mass is 9.82. The number of hydrogen-bond donors (Lipinski definition) is 1. The Balaban J connectivity index is 1.92. The second-order valence-corrected chi connectivity index (χ2v) is 6.38. The molecule has 0 saturated carbocycles. The molecule has 1 fully saturated rings. The fourth-order valence-corrected chi connectivity index (χ4v) is 3.57. The van der Waals surface area contributed by atoms with Gasteiger partial charge in [0.2, 0.25) is 0 Å². The Bertz CT molecular complexity index is 443. The molecule has 1 N–H and O–H groups in total. The molecule has 0 amide bonds. The summed E-state index contributed by atoms with van der Waals surface area (Å²) in [7, 11) is 1.92. The van der Waals surface area contributed by atoms with Crippen molar-refractivity contribution < 1.29 is 4.39 Å². The van der Waals surface area contributed by atoms with E-state index >= 15 is 0 Å². The number of nitrogens with one attached hydrogen (secondary N) is 1. The Hall–Kier alpha value is -0.930. The van der Waals surface area contributed by atoms with E-state index in [0.29, 0.717) is 5.41 Å². The Morgan fingerprint density at radius 2 is 2.00 bits per heavy atom. The molecule has 118 valence electrons. The molecule has 1 saturated heterocycles. The summed E-state index contributed by atoms with van der Waals surface area (Å²) in [6, 6.07) is 7.21. The van der Waals surface area contributed by atoms with Gasteiger partial charge in [-0.15, -0.1) is 0 Å². The third kappa shape index (κ3) is 3.83. The van der Waals surface area contributed by atoms with Crippen molar-refractivity contribution in [1.82, 2.24) is 10.2 Å². The molecule has 0 bridgehead atoms. The van der Waals surface area contributed by atoms with E-state index < -0.39 is 0 Å². The molecule has 1 aliphatic heterocycles. The standard InChI is InChI=1S/C18H29FN2/c1-4-18(5-2)11-13-21(14-18)12-10-17(20-3)15-8-6-7-9-16(15)19/h6-9,17,20H,4-5,10-14H2,1-3H3. The zero-order chi connectivity index (χ0) is 15.3. The van der Waals surface area contributed by atoms with Crippen molar-refractivity contribution >= 4 is 0 Å². The van der Waals surface area contributed by atoms with Gasteiger partial charge in [0, 0.05) is 18.2 Å². The van der Waals surface area contributed by atoms with Crippen molar-refractivity contribution in [3.8, 4) is 0 Å². The zero-order valence-corrected chi connectivity index (χ0v) is 13.7. The van der Waals surface area contributed by atoms with Crippen LogP contribution in [0.2, 0.25) is 0 Å². The minimum atomic E-state index is -0.102. The lowest BCUT2D eigenvalue weighted by Gasteiger charge is -2.27. The van der Waals surface area contributed by atoms with E-state index in [4.69, 9.17) is 0 Å². The summed E-state index contributed by atoms with van der Waals surface area (Å²) in [5.74, 6) is -0.102. The highest BCUT2D eigenvalue weighted by Gasteiger charge is 2.34. The zero-order valence-electron chi connectivity index (χ0n) is 13.7. The van der Waals surface area contributed by atoms with Crippen LogP contribution in [0.3, 0.4) is 0 Å². The van der Waals surface area contributed by atoms with Crippen LogP contribution in [0.4, 0.5) is 4.39 Å². The van der Waals surface area contributed by atoms with Gasteiger partial charge >= 0.3 is 0 Å². The molecule has 0 radical (unpaired) electrons. The fourth-order valence-electron chi connectivity index (χ4n) is 3.57. The van der Waals surface area contributed by atoms with Crippen LogP contribution in [-0.2, 0) is 0 Å². The average Bonchev–Trinajstić information content (AvgIpc) is 2.94. The van der Waals surface area contributed by atoms with E-state index in [9.17, 15) is 4.39 Å². The first-order valence-corrected chi connectivity index (χ1v) is 8.28. The van der Waals surface area contributed by atoms with Gasteiger partial charge in [0.25, 0.3) is 0 Å². The lowest BCUT2D eigenvalue weighted by Crippen LogP contribution is -2.30. The van der Waals surface area contributed by atoms with Crippen molar-refractivity contribution in [2.75, 3.05) is 26.7 Å². The van der Waals surface area contributed by atoms with Crippen LogP contribution in [0.1, 0.15) is 51.1 Å². The van der Waals surface area contributed by atoms with Crippen LogP contribution >= 0.6 is 0 Å². The Kier molecular flexibility index (Phi) is 5.77. The fraction of sp³-hybridized carbons (Fsp3) is 0.667. The summed E-state index contributed by atoms with van der Waals surface area (Å²) in [4.78, 5) is 2.55. The number of rotatable bonds is 7. The Labute approximate surface area is 128 Å². The maximum absolute atomic E-state index is 13.9. The highest BCUT2D eigenvalue weighted by molar-refractivity contribution is 5.21. The van der Waals surface area contributed by atoms with Crippen LogP contribution in [0.25, 0.3) is 0 Å². The molecule has 0 spiro atoms. The number of nitrogens with zero attached hydrogens (tertiary/aromatic N) is 1. The number of benzene rings is 1. The van der Waals surface area contributed by atoms with Crippen molar-refractivity contribution in [1.29, 1.82) is 0 Å². The number of halogens is 1. The third-order valence-corrected chi connectivity index (χ3v) is 5.38. The maximum Gasteiger partial charge on any atom is 0.127 e. The summed E-state index contributed by atoms with van der Waals surface area (Å²) in [5, 5.41) is 3.27. The van der Waals surface area contributed by atoms with Crippen molar-refractivity contribution in [3.05, 3.63) is 35.6 Å². The van der Waals surface area contributed by atoms with E-state index in [0.717, 1.165) is 18.5 Å². The summed E-state index contributed by atoms with van der Waals surface area (Å²) < 4.78 is 13.9. The van der Waals surface area contributed by atoms with Gasteiger partial charge < -0.3 is 10.2 Å². The smallest absolute Gasteiger partial charge is 0.127 e. The maximum atomic E-state index is 13.9. The normalized spacial score (nSPS) is 19.8. The molecular weight excluding hydrogens is 263 g/mol. The quantitative estimate of drug-likeness (QED) is 0.817. The highest BCUT2D eigenvalue weighted by atomic mass is 19.1. The van der Waals surface area contributed by atoms with E-state index in [1.807, 2.05) is 19.2 Å². The lowest BCUT2D eigenvalue weighted by molar-refractivity contribution is 0.233. The second kappa shape index (κ2) is 7.37. The second-order valence-electron chi connectivity index (χ2n) is 6.38. The van der Waals surface area contributed by atoms with Crippen molar-refractivity contribution in [2.45, 2.75) is 45.6 Å². The van der Waals surface area contributed by atoms with Gasteiger partial charge in [-0.25, -0.2) is 4.39 Å². The molecule has 3 heteroatoms. The van der Waals surface area contributed by atoms with Crippen LogP contribution in [-0.4, -0.2) is 31.6 Å². The Morgan fingerprint density at radius 1 is 1.29 bits per heavy atom. The van der Waals surface area contributed by atoms with Gasteiger partial charge in [-0.1, -0.05) is 32.0 Å². The molecule has 1 aliphatic rings. The molecule has 1 aromatic carbocycles. The van der Waals surface area contributed by atoms with E-state index in [-0.39, 0.29) is 11.9 Å². The van der Waals surface area contributed by atoms with Crippen LogP contribution in [0.5, 0.6) is 0 Å². The molecule has 21 heavy (non-hydrogen) atoms. The number of likely N-dealkylation sites (tertiary alicyclic amines) is 1. The minimum Gasteiger partial charge on any atom is -0.313 e. The van der Waals surface area contributed by atoms with Crippen LogP contribution < -0.4 is 5.32 Å². The molecule has 0 aromatic heterocycles. The molecule has 2 nitrogen and oxygen atoms in total. The minimum absolute atomic E-state index is 0.101. The van der Waals surface area contributed by atoms with Gasteiger partial charge in [0.1, 0.15) is 5.82 Å². The predicted molar refractivity (Wildman–Crippen MR) is 86.9 cm³/mol. The van der Waals surface area contributed by atoms with Gasteiger partial charge in [-0.05, 0) is 57.3 Å². The van der Waals surface area contributed by atoms with E-state index in [1.54, 1.807) is 12.1 Å². The molecule has 1 aromatic rings. The topological polar surface area (TPSA) is 15.3 Å². The van der Waals surface area contributed by atoms with Gasteiger partial charge in [0.15, 0.2) is 0 Å². The largest absolute Gasteiger partial charge is 0.313 e. The summed E-state index contributed by atoms with van der Waals surface area (Å²) >= 11 is 0. The van der Waals surface area contributed by atoms with Crippen molar-refractivity contribution in [2.24, 2.45) is 5.41 Å². The Morgan fingerprint density at radius 3 is 2.57 bits per heavy atom. The molecule has 2 rings (SSSR count). The molecule has 0 aliphatic carbocycles. The first-order chi connectivity index (χ1) is 10.1. The van der Waals surface area contributed by atoms with E-state index in [1.165, 1.54) is 32.4 Å². The predicted octanol–water partition coefficient (Wildman–Crippen LogP) is 3.99. The summed E-state index contributed by atoms with van der Waals surface area (Å²) in [6.07, 6.45) is 4.80. The summed E-state index contributed by atoms with van der Waals surface area (Å²) in [5.41, 5.74) is 1.31. The first kappa shape index (κ1) is 16.4. The number of hydrogen-bond acceptors (Lipinski definition) is 2. The first-order valence-electron chi connectivity index (χ1n) is 8.28. The van der Waals surface area contributed by atoms with Crippen LogP contribution in [0.15, 0.2) is 24.3 Å². The molecular formula is C18H29FN2. The van der Waals surface area contributed by atoms with Gasteiger partial charge in [-0.3, -0.25) is 0 Å². The molecule has 1 heterocycles. The summed E-state index contributed by atoms with van der Waals surface area (Å²) in [6.45, 7) is 8.05. The van der Waals surface area contributed by atoms with E-state index in [2.05, 4.69) is 24.1 Å². The average molecular weight is 292 g/mol. The van der Waals surface area contributed by atoms with Gasteiger partial charge in [-0.2, -0.15) is 0 Å². The highest BCUT2D eigenvalue weighted by Crippen LogP contribution is 2.37. The monoisotopic (exact) mass is 292 g/mol. The SMILES string of the molecule is CCC1(CC)CCN(CCC(NC)c2ccccc2F)C1. The third-order valence-electron chi connectivity index (χ3n) is 5.38. The van der Waals surface area contributed by atoms with Crippen LogP contribution in [0, 0.1) is 11.2 Å².